The Morgan fingerprint density at radius 2 is 0.964 bits per heavy atom. The molecule has 0 N–H and O–H groups in total. The monoisotopic (exact) mass is 700 g/mol. The number of pyridine rings is 4. The van der Waals surface area contributed by atoms with E-state index in [2.05, 4.69) is 169 Å². The maximum absolute atomic E-state index is 5.45. The molecule has 55 heavy (non-hydrogen) atoms. The van der Waals surface area contributed by atoms with E-state index < -0.39 is 5.41 Å². The van der Waals surface area contributed by atoms with Gasteiger partial charge in [0.05, 0.1) is 33.4 Å². The zero-order valence-electron chi connectivity index (χ0n) is 29.8. The van der Waals surface area contributed by atoms with Gasteiger partial charge in [0.25, 0.3) is 0 Å². The summed E-state index contributed by atoms with van der Waals surface area (Å²) < 4.78 is 0. The number of nitrogens with zero attached hydrogens (tertiary/aromatic N) is 4. The lowest BCUT2D eigenvalue weighted by molar-refractivity contribution is 0.768. The van der Waals surface area contributed by atoms with E-state index >= 15 is 0 Å². The van der Waals surface area contributed by atoms with E-state index in [1.807, 2.05) is 30.7 Å². The average molecular weight is 701 g/mol. The van der Waals surface area contributed by atoms with Crippen molar-refractivity contribution in [3.8, 4) is 44.8 Å². The minimum atomic E-state index is -0.510. The molecule has 4 heteroatoms. The van der Waals surface area contributed by atoms with Crippen LogP contribution in [0.4, 0.5) is 0 Å². The summed E-state index contributed by atoms with van der Waals surface area (Å²) in [5, 5.41) is 3.19. The first-order valence-corrected chi connectivity index (χ1v) is 18.6. The molecule has 0 atom stereocenters. The lowest BCUT2D eigenvalue weighted by Crippen LogP contribution is -2.28. The van der Waals surface area contributed by atoms with Crippen LogP contribution in [0.2, 0.25) is 0 Å². The minimum Gasteiger partial charge on any atom is -0.256 e. The predicted molar refractivity (Wildman–Crippen MR) is 224 cm³/mol. The number of hydrogen-bond acceptors (Lipinski definition) is 4. The summed E-state index contributed by atoms with van der Waals surface area (Å²) in [6.07, 6.45) is 5.65. The smallest absolute Gasteiger partial charge is 0.0964 e. The molecule has 0 aliphatic heterocycles. The van der Waals surface area contributed by atoms with Crippen LogP contribution in [-0.4, -0.2) is 19.9 Å². The van der Waals surface area contributed by atoms with Gasteiger partial charge in [0.15, 0.2) is 0 Å². The second-order valence-electron chi connectivity index (χ2n) is 14.2. The van der Waals surface area contributed by atoms with Gasteiger partial charge in [-0.05, 0) is 75.3 Å². The van der Waals surface area contributed by atoms with Crippen molar-refractivity contribution in [1.82, 2.24) is 19.9 Å². The number of fused-ring (bicyclic) bond motifs is 7. The van der Waals surface area contributed by atoms with Crippen molar-refractivity contribution in [3.05, 3.63) is 217 Å². The second kappa shape index (κ2) is 12.4. The molecule has 4 heterocycles. The molecule has 1 aliphatic carbocycles. The summed E-state index contributed by atoms with van der Waals surface area (Å²) >= 11 is 0. The fraction of sp³-hybridized carbons (Fsp3) is 0.0196. The van der Waals surface area contributed by atoms with Crippen molar-refractivity contribution >= 4 is 32.7 Å². The van der Waals surface area contributed by atoms with Crippen LogP contribution >= 0.6 is 0 Å². The van der Waals surface area contributed by atoms with E-state index in [4.69, 9.17) is 15.0 Å². The van der Waals surface area contributed by atoms with Crippen LogP contribution in [0.3, 0.4) is 0 Å². The van der Waals surface area contributed by atoms with E-state index in [0.29, 0.717) is 0 Å². The van der Waals surface area contributed by atoms with E-state index in [-0.39, 0.29) is 0 Å². The predicted octanol–water partition coefficient (Wildman–Crippen LogP) is 12.1. The Morgan fingerprint density at radius 1 is 0.345 bits per heavy atom. The standard InChI is InChI=1S/C51H32N4/c1-3-15-39(16-4-1)51(40-17-5-2-6-18-40)44-21-8-7-19-41(44)42-25-24-35(29-45(42)51)46-30-37(31-47(55-46)43-20-9-12-33-13-10-26-52-48(33)43)38-28-36-23-22-34-14-11-27-53-49(34)50(36)54-32-38/h1-32H. The fourth-order valence-electron chi connectivity index (χ4n) is 8.79. The maximum atomic E-state index is 5.45. The topological polar surface area (TPSA) is 51.6 Å². The van der Waals surface area contributed by atoms with E-state index in [0.717, 1.165) is 66.4 Å². The van der Waals surface area contributed by atoms with Crippen molar-refractivity contribution < 1.29 is 0 Å². The fourth-order valence-corrected chi connectivity index (χ4v) is 8.79. The molecule has 1 aliphatic rings. The van der Waals surface area contributed by atoms with Gasteiger partial charge < -0.3 is 0 Å². The third kappa shape index (κ3) is 4.85. The van der Waals surface area contributed by atoms with Crippen LogP contribution in [0.1, 0.15) is 22.3 Å². The Balaban J connectivity index is 1.17. The third-order valence-electron chi connectivity index (χ3n) is 11.2. The highest BCUT2D eigenvalue weighted by atomic mass is 14.7. The van der Waals surface area contributed by atoms with Crippen molar-refractivity contribution in [1.29, 1.82) is 0 Å². The summed E-state index contributed by atoms with van der Waals surface area (Å²) in [5.41, 5.74) is 15.5. The molecule has 0 radical (unpaired) electrons. The highest BCUT2D eigenvalue weighted by Crippen LogP contribution is 2.56. The lowest BCUT2D eigenvalue weighted by Gasteiger charge is -2.34. The normalized spacial score (nSPS) is 12.9. The average Bonchev–Trinajstić information content (AvgIpc) is 3.57. The molecule has 0 bridgehead atoms. The first-order valence-electron chi connectivity index (χ1n) is 18.6. The number of rotatable bonds is 5. The van der Waals surface area contributed by atoms with Crippen LogP contribution < -0.4 is 0 Å². The van der Waals surface area contributed by atoms with Crippen LogP contribution in [0.15, 0.2) is 195 Å². The summed E-state index contributed by atoms with van der Waals surface area (Å²) in [4.78, 5) is 19.9. The van der Waals surface area contributed by atoms with Crippen LogP contribution in [0, 0.1) is 0 Å². The molecule has 0 fully saturated rings. The number of benzene rings is 6. The van der Waals surface area contributed by atoms with Gasteiger partial charge in [-0.15, -0.1) is 0 Å². The van der Waals surface area contributed by atoms with E-state index in [1.54, 1.807) is 0 Å². The number of para-hydroxylation sites is 1. The van der Waals surface area contributed by atoms with E-state index in [1.165, 1.54) is 33.4 Å². The number of hydrogen-bond donors (Lipinski definition) is 0. The van der Waals surface area contributed by atoms with Crippen LogP contribution in [0.25, 0.3) is 77.5 Å². The first kappa shape index (κ1) is 31.2. The molecule has 4 aromatic heterocycles. The first-order chi connectivity index (χ1) is 27.3. The number of aromatic nitrogens is 4. The third-order valence-corrected chi connectivity index (χ3v) is 11.2. The molecule has 0 spiro atoms. The highest BCUT2D eigenvalue weighted by molar-refractivity contribution is 6.04. The maximum Gasteiger partial charge on any atom is 0.0964 e. The minimum absolute atomic E-state index is 0.510. The Bertz CT molecular complexity index is 3060. The Kier molecular flexibility index (Phi) is 7.04. The van der Waals surface area contributed by atoms with Gasteiger partial charge in [-0.2, -0.15) is 0 Å². The zero-order valence-corrected chi connectivity index (χ0v) is 29.8. The Morgan fingerprint density at radius 3 is 1.76 bits per heavy atom. The largest absolute Gasteiger partial charge is 0.256 e. The Hall–Kier alpha value is -7.30. The van der Waals surface area contributed by atoms with Crippen LogP contribution in [0.5, 0.6) is 0 Å². The lowest BCUT2D eigenvalue weighted by atomic mass is 9.67. The quantitative estimate of drug-likeness (QED) is 0.168. The molecule has 0 saturated heterocycles. The molecule has 6 aromatic carbocycles. The molecule has 0 amide bonds. The van der Waals surface area contributed by atoms with Gasteiger partial charge in [-0.3, -0.25) is 15.0 Å². The van der Waals surface area contributed by atoms with Gasteiger partial charge in [0.1, 0.15) is 0 Å². The SMILES string of the molecule is c1ccc(C2(c3ccccc3)c3ccccc3-c3ccc(-c4cc(-c5cnc6c(ccc7cccnc76)c5)cc(-c5cccc6cccnc56)n4)cc32)cc1. The van der Waals surface area contributed by atoms with Crippen molar-refractivity contribution in [2.24, 2.45) is 0 Å². The molecule has 11 rings (SSSR count). The summed E-state index contributed by atoms with van der Waals surface area (Å²) in [6, 6.07) is 62.9. The second-order valence-corrected chi connectivity index (χ2v) is 14.2. The summed E-state index contributed by atoms with van der Waals surface area (Å²) in [5.74, 6) is 0. The van der Waals surface area contributed by atoms with Crippen molar-refractivity contribution in [3.63, 3.8) is 0 Å². The molecule has 10 aromatic rings. The molecular formula is C51H32N4. The molecule has 0 saturated carbocycles. The van der Waals surface area contributed by atoms with Crippen LogP contribution in [-0.2, 0) is 5.41 Å². The van der Waals surface area contributed by atoms with E-state index in [9.17, 15) is 0 Å². The van der Waals surface area contributed by atoms with Crippen molar-refractivity contribution in [2.75, 3.05) is 0 Å². The Labute approximate surface area is 318 Å². The summed E-state index contributed by atoms with van der Waals surface area (Å²) in [7, 11) is 0. The van der Waals surface area contributed by atoms with Gasteiger partial charge >= 0.3 is 0 Å². The highest BCUT2D eigenvalue weighted by Gasteiger charge is 2.46. The molecule has 256 valence electrons. The van der Waals surface area contributed by atoms with Gasteiger partial charge in [0, 0.05) is 51.4 Å². The molecule has 4 nitrogen and oxygen atoms in total. The molecular weight excluding hydrogens is 669 g/mol. The van der Waals surface area contributed by atoms with Gasteiger partial charge in [0.2, 0.25) is 0 Å². The van der Waals surface area contributed by atoms with Gasteiger partial charge in [-0.25, -0.2) is 4.98 Å². The zero-order chi connectivity index (χ0) is 36.3. The van der Waals surface area contributed by atoms with Gasteiger partial charge in [-0.1, -0.05) is 140 Å². The summed E-state index contributed by atoms with van der Waals surface area (Å²) in [6.45, 7) is 0. The molecule has 0 unspecified atom stereocenters. The van der Waals surface area contributed by atoms with Crippen molar-refractivity contribution in [2.45, 2.75) is 5.41 Å².